The summed E-state index contributed by atoms with van der Waals surface area (Å²) in [5, 5.41) is 3.81. The second-order valence-corrected chi connectivity index (χ2v) is 6.86. The van der Waals surface area contributed by atoms with Gasteiger partial charge in [0.1, 0.15) is 10.9 Å². The van der Waals surface area contributed by atoms with Crippen molar-refractivity contribution in [2.45, 2.75) is 17.7 Å². The van der Waals surface area contributed by atoms with Crippen LogP contribution in [0.5, 0.6) is 0 Å². The number of hydrogen-bond acceptors (Lipinski definition) is 6. The number of thiazole rings is 1. The smallest absolute Gasteiger partial charge is 0.258 e. The predicted octanol–water partition coefficient (Wildman–Crippen LogP) is 3.30. The molecule has 114 valence electrons. The molecule has 0 radical (unpaired) electrons. The molecular weight excluding hydrogens is 328 g/mol. The number of fused-ring (bicyclic) bond motifs is 2. The summed E-state index contributed by atoms with van der Waals surface area (Å²) < 4.78 is 1.56. The van der Waals surface area contributed by atoms with Gasteiger partial charge in [-0.05, 0) is 13.0 Å². The molecule has 3 aromatic heterocycles. The third-order valence-electron chi connectivity index (χ3n) is 3.39. The minimum Gasteiger partial charge on any atom is -0.269 e. The number of aryl methyl sites for hydroxylation is 1. The number of nitrogens with zero attached hydrogens (tertiary/aromatic N) is 4. The molecule has 0 aliphatic rings. The van der Waals surface area contributed by atoms with E-state index in [4.69, 9.17) is 0 Å². The highest BCUT2D eigenvalue weighted by Gasteiger charge is 2.08. The highest BCUT2D eigenvalue weighted by Crippen LogP contribution is 2.27. The number of para-hydroxylation sites is 1. The van der Waals surface area contributed by atoms with Crippen LogP contribution in [-0.2, 0) is 5.75 Å². The lowest BCUT2D eigenvalue weighted by molar-refractivity contribution is 1.00. The minimum absolute atomic E-state index is 0.0458. The summed E-state index contributed by atoms with van der Waals surface area (Å²) in [4.78, 5) is 26.3. The largest absolute Gasteiger partial charge is 0.269 e. The van der Waals surface area contributed by atoms with Crippen LogP contribution >= 0.6 is 23.1 Å². The maximum Gasteiger partial charge on any atom is 0.258 e. The molecule has 3 heterocycles. The molecule has 0 fully saturated rings. The van der Waals surface area contributed by atoms with Gasteiger partial charge in [0.2, 0.25) is 0 Å². The van der Waals surface area contributed by atoms with Gasteiger partial charge in [0.15, 0.2) is 4.96 Å². The molecule has 0 bridgehead atoms. The van der Waals surface area contributed by atoms with E-state index in [1.54, 1.807) is 28.4 Å². The summed E-state index contributed by atoms with van der Waals surface area (Å²) in [6.07, 6.45) is 1.74. The lowest BCUT2D eigenvalue weighted by Crippen LogP contribution is -2.12. The highest BCUT2D eigenvalue weighted by atomic mass is 32.2. The van der Waals surface area contributed by atoms with Gasteiger partial charge in [0.25, 0.3) is 5.56 Å². The van der Waals surface area contributed by atoms with E-state index in [1.807, 2.05) is 36.6 Å². The van der Waals surface area contributed by atoms with Gasteiger partial charge in [-0.1, -0.05) is 30.0 Å². The Bertz CT molecular complexity index is 1070. The van der Waals surface area contributed by atoms with Crippen LogP contribution in [0.15, 0.2) is 51.7 Å². The van der Waals surface area contributed by atoms with Gasteiger partial charge in [-0.15, -0.1) is 11.3 Å². The maximum absolute atomic E-state index is 12.0. The van der Waals surface area contributed by atoms with Crippen LogP contribution in [0.4, 0.5) is 0 Å². The Labute approximate surface area is 140 Å². The zero-order valence-electron chi connectivity index (χ0n) is 12.3. The number of benzene rings is 1. The van der Waals surface area contributed by atoms with Gasteiger partial charge in [-0.2, -0.15) is 0 Å². The lowest BCUT2D eigenvalue weighted by atomic mass is 10.2. The van der Waals surface area contributed by atoms with Crippen LogP contribution < -0.4 is 5.56 Å². The molecule has 0 saturated carbocycles. The Morgan fingerprint density at radius 1 is 1.22 bits per heavy atom. The summed E-state index contributed by atoms with van der Waals surface area (Å²) in [6.45, 7) is 1.89. The number of thioether (sulfide) groups is 1. The molecule has 4 rings (SSSR count). The molecule has 5 nitrogen and oxygen atoms in total. The monoisotopic (exact) mass is 340 g/mol. The Kier molecular flexibility index (Phi) is 3.59. The van der Waals surface area contributed by atoms with E-state index < -0.39 is 0 Å². The first-order chi connectivity index (χ1) is 11.2. The van der Waals surface area contributed by atoms with Gasteiger partial charge in [0, 0.05) is 28.8 Å². The zero-order chi connectivity index (χ0) is 15.8. The molecule has 0 N–H and O–H groups in total. The summed E-state index contributed by atoms with van der Waals surface area (Å²) >= 11 is 3.04. The predicted molar refractivity (Wildman–Crippen MR) is 93.2 cm³/mol. The summed E-state index contributed by atoms with van der Waals surface area (Å²) in [6, 6.07) is 9.53. The third kappa shape index (κ3) is 2.73. The SMILES string of the molecule is Cc1nc(SCc2cc(=O)n3ccsc3n2)c2ccccc2n1. The second-order valence-electron chi connectivity index (χ2n) is 5.02. The molecule has 23 heavy (non-hydrogen) atoms. The molecule has 0 unspecified atom stereocenters. The van der Waals surface area contributed by atoms with Crippen molar-refractivity contribution in [2.75, 3.05) is 0 Å². The third-order valence-corrected chi connectivity index (χ3v) is 5.17. The number of hydrogen-bond donors (Lipinski definition) is 0. The zero-order valence-corrected chi connectivity index (χ0v) is 13.9. The Balaban J connectivity index is 1.69. The minimum atomic E-state index is -0.0458. The molecule has 0 atom stereocenters. The van der Waals surface area contributed by atoms with Crippen molar-refractivity contribution in [3.63, 3.8) is 0 Å². The van der Waals surface area contributed by atoms with E-state index in [9.17, 15) is 4.79 Å². The van der Waals surface area contributed by atoms with Crippen molar-refractivity contribution >= 4 is 39.0 Å². The normalized spacial score (nSPS) is 11.3. The van der Waals surface area contributed by atoms with E-state index in [-0.39, 0.29) is 5.56 Å². The Hall–Kier alpha value is -2.25. The molecule has 7 heteroatoms. The molecule has 0 aliphatic carbocycles. The Morgan fingerprint density at radius 3 is 3.00 bits per heavy atom. The summed E-state index contributed by atoms with van der Waals surface area (Å²) in [7, 11) is 0. The quantitative estimate of drug-likeness (QED) is 0.423. The van der Waals surface area contributed by atoms with E-state index in [2.05, 4.69) is 15.0 Å². The molecule has 4 aromatic rings. The first-order valence-electron chi connectivity index (χ1n) is 7.03. The van der Waals surface area contributed by atoms with E-state index in [1.165, 1.54) is 11.3 Å². The molecule has 0 saturated heterocycles. The van der Waals surface area contributed by atoms with Crippen molar-refractivity contribution in [1.82, 2.24) is 19.4 Å². The van der Waals surface area contributed by atoms with Gasteiger partial charge in [-0.3, -0.25) is 9.20 Å². The van der Waals surface area contributed by atoms with E-state index in [0.717, 1.165) is 32.4 Å². The topological polar surface area (TPSA) is 60.2 Å². The van der Waals surface area contributed by atoms with Crippen LogP contribution in [0.1, 0.15) is 11.5 Å². The van der Waals surface area contributed by atoms with E-state index in [0.29, 0.717) is 5.75 Å². The maximum atomic E-state index is 12.0. The Morgan fingerprint density at radius 2 is 2.09 bits per heavy atom. The molecule has 0 aliphatic heterocycles. The van der Waals surface area contributed by atoms with Crippen molar-refractivity contribution in [3.8, 4) is 0 Å². The van der Waals surface area contributed by atoms with Gasteiger partial charge >= 0.3 is 0 Å². The molecule has 0 amide bonds. The van der Waals surface area contributed by atoms with Gasteiger partial charge in [-0.25, -0.2) is 15.0 Å². The van der Waals surface area contributed by atoms with Gasteiger partial charge < -0.3 is 0 Å². The summed E-state index contributed by atoms with van der Waals surface area (Å²) in [5.41, 5.74) is 1.66. The number of aromatic nitrogens is 4. The van der Waals surface area contributed by atoms with Crippen LogP contribution in [0.25, 0.3) is 15.9 Å². The van der Waals surface area contributed by atoms with Gasteiger partial charge in [0.05, 0.1) is 11.2 Å². The fourth-order valence-corrected chi connectivity index (χ4v) is 4.07. The van der Waals surface area contributed by atoms with Crippen LogP contribution in [0, 0.1) is 6.92 Å². The van der Waals surface area contributed by atoms with Crippen LogP contribution in [0.2, 0.25) is 0 Å². The second kappa shape index (κ2) is 5.75. The first kappa shape index (κ1) is 14.3. The van der Waals surface area contributed by atoms with Crippen LogP contribution in [0.3, 0.4) is 0 Å². The van der Waals surface area contributed by atoms with Crippen molar-refractivity contribution in [1.29, 1.82) is 0 Å². The van der Waals surface area contributed by atoms with Crippen molar-refractivity contribution in [2.24, 2.45) is 0 Å². The molecule has 0 spiro atoms. The van der Waals surface area contributed by atoms with Crippen molar-refractivity contribution < 1.29 is 0 Å². The molecular formula is C16H12N4OS2. The average Bonchev–Trinajstić information content (AvgIpc) is 3.01. The van der Waals surface area contributed by atoms with Crippen molar-refractivity contribution in [3.05, 3.63) is 63.8 Å². The van der Waals surface area contributed by atoms with E-state index >= 15 is 0 Å². The standard InChI is InChI=1S/C16H12N4OS2/c1-10-17-13-5-3-2-4-12(13)15(18-10)23-9-11-8-14(21)20-6-7-22-16(20)19-11/h2-8H,9H2,1H3. The fraction of sp³-hybridized carbons (Fsp3) is 0.125. The fourth-order valence-electron chi connectivity index (χ4n) is 2.37. The summed E-state index contributed by atoms with van der Waals surface area (Å²) in [5.74, 6) is 1.34. The number of rotatable bonds is 3. The lowest BCUT2D eigenvalue weighted by Gasteiger charge is -2.06. The highest BCUT2D eigenvalue weighted by molar-refractivity contribution is 7.98. The van der Waals surface area contributed by atoms with Crippen LogP contribution in [-0.4, -0.2) is 19.4 Å². The molecule has 1 aromatic carbocycles. The average molecular weight is 340 g/mol. The first-order valence-corrected chi connectivity index (χ1v) is 8.89.